The molecule has 1 atom stereocenters. The normalized spacial score (nSPS) is 12.7. The third-order valence-electron chi connectivity index (χ3n) is 4.14. The highest BCUT2D eigenvalue weighted by Gasteiger charge is 2.18. The van der Waals surface area contributed by atoms with E-state index >= 15 is 0 Å². The number of hydrogen-bond acceptors (Lipinski definition) is 6. The molecule has 26 heavy (non-hydrogen) atoms. The van der Waals surface area contributed by atoms with Gasteiger partial charge in [0, 0.05) is 18.9 Å². The SMILES string of the molecule is CC(C)c1nnc(C(C)NC(=O)CCn2c(CO)nc3ccccc32)o1. The Balaban J connectivity index is 1.63. The Morgan fingerprint density at radius 2 is 1.96 bits per heavy atom. The molecule has 0 saturated heterocycles. The van der Waals surface area contributed by atoms with Crippen molar-refractivity contribution in [3.63, 3.8) is 0 Å². The first-order chi connectivity index (χ1) is 12.5. The molecule has 1 amide bonds. The number of aromatic nitrogens is 4. The van der Waals surface area contributed by atoms with Crippen molar-refractivity contribution in [3.8, 4) is 0 Å². The van der Waals surface area contributed by atoms with Gasteiger partial charge in [-0.05, 0) is 19.1 Å². The average Bonchev–Trinajstić information content (AvgIpc) is 3.24. The molecule has 0 bridgehead atoms. The molecule has 0 radical (unpaired) electrons. The van der Waals surface area contributed by atoms with Crippen molar-refractivity contribution in [2.45, 2.75) is 52.3 Å². The molecule has 0 spiro atoms. The number of benzene rings is 1. The summed E-state index contributed by atoms with van der Waals surface area (Å²) in [6.07, 6.45) is 0.253. The van der Waals surface area contributed by atoms with Crippen molar-refractivity contribution < 1.29 is 14.3 Å². The number of fused-ring (bicyclic) bond motifs is 1. The first-order valence-corrected chi connectivity index (χ1v) is 8.67. The van der Waals surface area contributed by atoms with Gasteiger partial charge in [0.1, 0.15) is 18.5 Å². The Hall–Kier alpha value is -2.74. The summed E-state index contributed by atoms with van der Waals surface area (Å²) in [4.78, 5) is 16.7. The highest BCUT2D eigenvalue weighted by atomic mass is 16.4. The van der Waals surface area contributed by atoms with Gasteiger partial charge in [-0.2, -0.15) is 0 Å². The molecule has 0 aliphatic rings. The Morgan fingerprint density at radius 1 is 1.23 bits per heavy atom. The van der Waals surface area contributed by atoms with E-state index in [0.717, 1.165) is 11.0 Å². The molecule has 1 unspecified atom stereocenters. The first kappa shape index (κ1) is 18.1. The fourth-order valence-corrected chi connectivity index (χ4v) is 2.74. The summed E-state index contributed by atoms with van der Waals surface area (Å²) in [5.41, 5.74) is 1.70. The average molecular weight is 357 g/mol. The Morgan fingerprint density at radius 3 is 2.65 bits per heavy atom. The fraction of sp³-hybridized carbons (Fsp3) is 0.444. The summed E-state index contributed by atoms with van der Waals surface area (Å²) in [7, 11) is 0. The summed E-state index contributed by atoms with van der Waals surface area (Å²) in [6.45, 7) is 5.99. The minimum absolute atomic E-state index is 0.136. The number of amides is 1. The van der Waals surface area contributed by atoms with Crippen molar-refractivity contribution in [2.75, 3.05) is 0 Å². The molecule has 0 fully saturated rings. The van der Waals surface area contributed by atoms with Gasteiger partial charge in [0.15, 0.2) is 0 Å². The van der Waals surface area contributed by atoms with Gasteiger partial charge in [0.2, 0.25) is 17.7 Å². The molecular formula is C18H23N5O3. The van der Waals surface area contributed by atoms with Gasteiger partial charge in [-0.1, -0.05) is 26.0 Å². The molecule has 0 aliphatic heterocycles. The largest absolute Gasteiger partial charge is 0.423 e. The van der Waals surface area contributed by atoms with Crippen molar-refractivity contribution in [1.82, 2.24) is 25.1 Å². The second kappa shape index (κ2) is 7.65. The topological polar surface area (TPSA) is 106 Å². The first-order valence-electron chi connectivity index (χ1n) is 8.67. The van der Waals surface area contributed by atoms with E-state index in [1.807, 2.05) is 42.7 Å². The van der Waals surface area contributed by atoms with Crippen LogP contribution >= 0.6 is 0 Å². The maximum atomic E-state index is 12.3. The van der Waals surface area contributed by atoms with Crippen LogP contribution in [0.5, 0.6) is 0 Å². The van der Waals surface area contributed by atoms with E-state index in [4.69, 9.17) is 4.42 Å². The zero-order valence-electron chi connectivity index (χ0n) is 15.1. The fourth-order valence-electron chi connectivity index (χ4n) is 2.74. The van der Waals surface area contributed by atoms with Crippen LogP contribution in [0.1, 0.15) is 56.8 Å². The molecule has 3 aromatic rings. The van der Waals surface area contributed by atoms with Crippen molar-refractivity contribution in [2.24, 2.45) is 0 Å². The number of hydrogen-bond donors (Lipinski definition) is 2. The lowest BCUT2D eigenvalue weighted by Gasteiger charge is -2.11. The van der Waals surface area contributed by atoms with Crippen molar-refractivity contribution >= 4 is 16.9 Å². The molecule has 138 valence electrons. The van der Waals surface area contributed by atoms with Crippen LogP contribution in [0.4, 0.5) is 0 Å². The number of para-hydroxylation sites is 2. The van der Waals surface area contributed by atoms with Crippen LogP contribution in [0.25, 0.3) is 11.0 Å². The number of carbonyl (C=O) groups excluding carboxylic acids is 1. The van der Waals surface area contributed by atoms with Crippen LogP contribution in [0.3, 0.4) is 0 Å². The maximum absolute atomic E-state index is 12.3. The molecule has 0 saturated carbocycles. The lowest BCUT2D eigenvalue weighted by Crippen LogP contribution is -2.27. The van der Waals surface area contributed by atoms with E-state index < -0.39 is 0 Å². The Kier molecular flexibility index (Phi) is 5.32. The quantitative estimate of drug-likeness (QED) is 0.672. The number of imidazole rings is 1. The molecule has 1 aromatic carbocycles. The van der Waals surface area contributed by atoms with Crippen molar-refractivity contribution in [3.05, 3.63) is 41.9 Å². The van der Waals surface area contributed by atoms with E-state index in [-0.39, 0.29) is 30.9 Å². The number of nitrogens with one attached hydrogen (secondary N) is 1. The van der Waals surface area contributed by atoms with E-state index in [9.17, 15) is 9.90 Å². The summed E-state index contributed by atoms with van der Waals surface area (Å²) >= 11 is 0. The monoisotopic (exact) mass is 357 g/mol. The Bertz CT molecular complexity index is 899. The van der Waals surface area contributed by atoms with Crippen molar-refractivity contribution in [1.29, 1.82) is 0 Å². The zero-order valence-corrected chi connectivity index (χ0v) is 15.1. The van der Waals surface area contributed by atoms with Gasteiger partial charge < -0.3 is 19.4 Å². The van der Waals surface area contributed by atoms with Crippen LogP contribution in [-0.4, -0.2) is 30.8 Å². The number of nitrogens with zero attached hydrogens (tertiary/aromatic N) is 4. The van der Waals surface area contributed by atoms with Crippen LogP contribution in [0, 0.1) is 0 Å². The van der Waals surface area contributed by atoms with Crippen LogP contribution in [0.15, 0.2) is 28.7 Å². The van der Waals surface area contributed by atoms with Gasteiger partial charge in [-0.25, -0.2) is 4.98 Å². The van der Waals surface area contributed by atoms with Gasteiger partial charge in [0.25, 0.3) is 0 Å². The van der Waals surface area contributed by atoms with E-state index in [1.165, 1.54) is 0 Å². The molecule has 2 aromatic heterocycles. The third-order valence-corrected chi connectivity index (χ3v) is 4.14. The van der Waals surface area contributed by atoms with Gasteiger partial charge in [-0.3, -0.25) is 4.79 Å². The molecular weight excluding hydrogens is 334 g/mol. The Labute approximate surface area is 151 Å². The van der Waals surface area contributed by atoms with E-state index in [2.05, 4.69) is 20.5 Å². The molecule has 0 aliphatic carbocycles. The second-order valence-electron chi connectivity index (χ2n) is 6.50. The summed E-state index contributed by atoms with van der Waals surface area (Å²) in [5.74, 6) is 1.50. The number of carbonyl (C=O) groups is 1. The van der Waals surface area contributed by atoms with E-state index in [1.54, 1.807) is 6.92 Å². The third kappa shape index (κ3) is 3.75. The number of aliphatic hydroxyl groups is 1. The van der Waals surface area contributed by atoms with Gasteiger partial charge in [-0.15, -0.1) is 10.2 Å². The number of aliphatic hydroxyl groups excluding tert-OH is 1. The predicted octanol–water partition coefficient (Wildman–Crippen LogP) is 2.30. The zero-order chi connectivity index (χ0) is 18.7. The van der Waals surface area contributed by atoms with Crippen LogP contribution in [0.2, 0.25) is 0 Å². The van der Waals surface area contributed by atoms with Gasteiger partial charge in [0.05, 0.1) is 11.0 Å². The molecule has 8 heteroatoms. The summed E-state index contributed by atoms with van der Waals surface area (Å²) in [6, 6.07) is 7.25. The van der Waals surface area contributed by atoms with Crippen LogP contribution < -0.4 is 5.32 Å². The second-order valence-corrected chi connectivity index (χ2v) is 6.50. The van der Waals surface area contributed by atoms with Crippen LogP contribution in [-0.2, 0) is 17.9 Å². The highest BCUT2D eigenvalue weighted by Crippen LogP contribution is 2.18. The highest BCUT2D eigenvalue weighted by molar-refractivity contribution is 5.78. The number of aryl methyl sites for hydroxylation is 1. The molecule has 2 heterocycles. The molecule has 8 nitrogen and oxygen atoms in total. The lowest BCUT2D eigenvalue weighted by molar-refractivity contribution is -0.122. The standard InChI is InChI=1S/C18H23N5O3/c1-11(2)17-21-22-18(26-17)12(3)19-16(25)8-9-23-14-7-5-4-6-13(14)20-15(23)10-24/h4-7,11-12,24H,8-10H2,1-3H3,(H,19,25). The number of rotatable bonds is 7. The van der Waals surface area contributed by atoms with Gasteiger partial charge >= 0.3 is 0 Å². The molecule has 3 rings (SSSR count). The minimum Gasteiger partial charge on any atom is -0.423 e. The minimum atomic E-state index is -0.362. The smallest absolute Gasteiger partial charge is 0.238 e. The molecule has 2 N–H and O–H groups in total. The van der Waals surface area contributed by atoms with E-state index in [0.29, 0.717) is 24.2 Å². The maximum Gasteiger partial charge on any atom is 0.238 e. The lowest BCUT2D eigenvalue weighted by atomic mass is 10.2. The predicted molar refractivity (Wildman–Crippen MR) is 95.2 cm³/mol. The summed E-state index contributed by atoms with van der Waals surface area (Å²) in [5, 5.41) is 20.3. The summed E-state index contributed by atoms with van der Waals surface area (Å²) < 4.78 is 7.43.